The van der Waals surface area contributed by atoms with Crippen LogP contribution in [0.15, 0.2) is 11.8 Å². The molecule has 0 aliphatic heterocycles. The summed E-state index contributed by atoms with van der Waals surface area (Å²) in [5, 5.41) is 8.90. The Balaban J connectivity index is 4.47. The van der Waals surface area contributed by atoms with E-state index in [0.29, 0.717) is 0 Å². The van der Waals surface area contributed by atoms with Gasteiger partial charge in [0.1, 0.15) is 12.1 Å². The second kappa shape index (κ2) is 7.16. The third kappa shape index (κ3) is 4.89. The van der Waals surface area contributed by atoms with Crippen LogP contribution < -0.4 is 5.32 Å². The third-order valence-electron chi connectivity index (χ3n) is 1.46. The molecule has 0 bridgehead atoms. The molecule has 7 nitrogen and oxygen atoms in total. The van der Waals surface area contributed by atoms with Gasteiger partial charge in [-0.1, -0.05) is 0 Å². The van der Waals surface area contributed by atoms with Crippen molar-refractivity contribution in [3.05, 3.63) is 11.8 Å². The first kappa shape index (κ1) is 13.8. The molecular formula is C9H12N2O5. The van der Waals surface area contributed by atoms with Crippen molar-refractivity contribution in [3.63, 3.8) is 0 Å². The molecule has 0 heterocycles. The van der Waals surface area contributed by atoms with Gasteiger partial charge in [-0.2, -0.15) is 0 Å². The highest BCUT2D eigenvalue weighted by molar-refractivity contribution is 6.01. The predicted octanol–water partition coefficient (Wildman–Crippen LogP) is -0.628. The zero-order valence-corrected chi connectivity index (χ0v) is 8.90. The summed E-state index contributed by atoms with van der Waals surface area (Å²) < 4.78 is 8.62. The monoisotopic (exact) mass is 228 g/mol. The Morgan fingerprint density at radius 2 is 1.88 bits per heavy atom. The number of carbonyl (C=O) groups excluding carboxylic acids is 3. The molecule has 88 valence electrons. The molecular weight excluding hydrogens is 216 g/mol. The van der Waals surface area contributed by atoms with E-state index < -0.39 is 24.3 Å². The molecule has 2 N–H and O–H groups in total. The number of esters is 2. The molecule has 0 atom stereocenters. The van der Waals surface area contributed by atoms with Crippen LogP contribution in [0.2, 0.25) is 0 Å². The molecule has 0 aromatic carbocycles. The van der Waals surface area contributed by atoms with E-state index in [-0.39, 0.29) is 5.70 Å². The normalized spacial score (nSPS) is 10.2. The largest absolute Gasteiger partial charge is 0.469 e. The molecule has 7 heteroatoms. The van der Waals surface area contributed by atoms with E-state index >= 15 is 0 Å². The zero-order valence-electron chi connectivity index (χ0n) is 8.90. The molecule has 0 radical (unpaired) electrons. The van der Waals surface area contributed by atoms with E-state index in [9.17, 15) is 14.4 Å². The molecule has 0 aliphatic rings. The minimum absolute atomic E-state index is 0.216. The maximum atomic E-state index is 11.2. The summed E-state index contributed by atoms with van der Waals surface area (Å²) in [6.07, 6.45) is 1.34. The van der Waals surface area contributed by atoms with Crippen molar-refractivity contribution < 1.29 is 23.9 Å². The highest BCUT2D eigenvalue weighted by Gasteiger charge is 2.15. The molecule has 0 rings (SSSR count). The van der Waals surface area contributed by atoms with E-state index in [4.69, 9.17) is 5.41 Å². The van der Waals surface area contributed by atoms with E-state index in [1.165, 1.54) is 0 Å². The number of rotatable bonds is 5. The van der Waals surface area contributed by atoms with Crippen LogP contribution in [0, 0.1) is 5.41 Å². The number of hydrogen-bond donors (Lipinski definition) is 2. The zero-order chi connectivity index (χ0) is 12.6. The number of hydrogen-bond acceptors (Lipinski definition) is 6. The summed E-state index contributed by atoms with van der Waals surface area (Å²) in [5.74, 6) is -2.25. The molecule has 0 fully saturated rings. The van der Waals surface area contributed by atoms with Crippen LogP contribution in [0.1, 0.15) is 6.42 Å². The highest BCUT2D eigenvalue weighted by atomic mass is 16.5. The van der Waals surface area contributed by atoms with Crippen LogP contribution in [-0.4, -0.2) is 38.3 Å². The Morgan fingerprint density at radius 1 is 1.25 bits per heavy atom. The molecule has 0 aromatic heterocycles. The van der Waals surface area contributed by atoms with E-state index in [2.05, 4.69) is 14.8 Å². The van der Waals surface area contributed by atoms with Crippen molar-refractivity contribution in [1.82, 2.24) is 5.32 Å². The van der Waals surface area contributed by atoms with Crippen molar-refractivity contribution in [2.24, 2.45) is 0 Å². The van der Waals surface area contributed by atoms with Gasteiger partial charge < -0.3 is 20.2 Å². The van der Waals surface area contributed by atoms with Gasteiger partial charge in [0, 0.05) is 6.21 Å². The second-order valence-corrected chi connectivity index (χ2v) is 2.54. The van der Waals surface area contributed by atoms with Crippen LogP contribution >= 0.6 is 0 Å². The Hall–Kier alpha value is -2.18. The lowest BCUT2D eigenvalue weighted by Gasteiger charge is -2.06. The van der Waals surface area contributed by atoms with E-state index in [1.807, 2.05) is 0 Å². The van der Waals surface area contributed by atoms with Crippen LogP contribution in [0.3, 0.4) is 0 Å². The number of amides is 1. The fraction of sp³-hybridized carbons (Fsp3) is 0.333. The summed E-state index contributed by atoms with van der Waals surface area (Å²) >= 11 is 0. The minimum Gasteiger partial charge on any atom is -0.469 e. The van der Waals surface area contributed by atoms with Crippen LogP contribution in [0.4, 0.5) is 0 Å². The minimum atomic E-state index is -0.804. The lowest BCUT2D eigenvalue weighted by Crippen LogP contribution is -2.30. The van der Waals surface area contributed by atoms with Gasteiger partial charge in [-0.25, -0.2) is 4.79 Å². The van der Waals surface area contributed by atoms with E-state index in [1.54, 1.807) is 0 Å². The van der Waals surface area contributed by atoms with Crippen LogP contribution in [0.25, 0.3) is 0 Å². The summed E-state index contributed by atoms with van der Waals surface area (Å²) in [6, 6.07) is 0. The van der Waals surface area contributed by atoms with Crippen molar-refractivity contribution in [1.29, 1.82) is 5.41 Å². The lowest BCUT2D eigenvalue weighted by atomic mass is 10.3. The highest BCUT2D eigenvalue weighted by Crippen LogP contribution is 1.94. The van der Waals surface area contributed by atoms with Crippen LogP contribution in [-0.2, 0) is 23.9 Å². The van der Waals surface area contributed by atoms with Gasteiger partial charge in [-0.3, -0.25) is 9.59 Å². The van der Waals surface area contributed by atoms with Gasteiger partial charge >= 0.3 is 11.9 Å². The first-order valence-corrected chi connectivity index (χ1v) is 4.20. The first-order chi connectivity index (χ1) is 7.54. The molecule has 0 spiro atoms. The summed E-state index contributed by atoms with van der Waals surface area (Å²) in [7, 11) is 2.27. The number of ether oxygens (including phenoxy) is 2. The average molecular weight is 228 g/mol. The third-order valence-corrected chi connectivity index (χ3v) is 1.46. The summed E-state index contributed by atoms with van der Waals surface area (Å²) in [4.78, 5) is 33.0. The van der Waals surface area contributed by atoms with Gasteiger partial charge in [0.15, 0.2) is 0 Å². The van der Waals surface area contributed by atoms with Gasteiger partial charge in [0.05, 0.1) is 14.2 Å². The fourth-order valence-electron chi connectivity index (χ4n) is 0.752. The lowest BCUT2D eigenvalue weighted by molar-refractivity contribution is -0.144. The van der Waals surface area contributed by atoms with Gasteiger partial charge in [0.25, 0.3) is 0 Å². The van der Waals surface area contributed by atoms with Crippen molar-refractivity contribution >= 4 is 24.1 Å². The van der Waals surface area contributed by atoms with Crippen molar-refractivity contribution in [2.75, 3.05) is 14.2 Å². The first-order valence-electron chi connectivity index (χ1n) is 4.20. The van der Waals surface area contributed by atoms with Gasteiger partial charge in [0.2, 0.25) is 5.91 Å². The van der Waals surface area contributed by atoms with Crippen molar-refractivity contribution in [2.45, 2.75) is 6.42 Å². The van der Waals surface area contributed by atoms with Gasteiger partial charge in [-0.05, 0) is 6.08 Å². The van der Waals surface area contributed by atoms with E-state index in [0.717, 1.165) is 26.5 Å². The topological polar surface area (TPSA) is 106 Å². The van der Waals surface area contributed by atoms with Gasteiger partial charge in [-0.15, -0.1) is 0 Å². The maximum Gasteiger partial charge on any atom is 0.354 e. The van der Waals surface area contributed by atoms with Crippen LogP contribution in [0.5, 0.6) is 0 Å². The summed E-state index contributed by atoms with van der Waals surface area (Å²) in [5.41, 5.74) is -0.216. The Labute approximate surface area is 91.9 Å². The maximum absolute atomic E-state index is 11.2. The number of methoxy groups -OCH3 is 2. The predicted molar refractivity (Wildman–Crippen MR) is 53.7 cm³/mol. The Kier molecular flexibility index (Phi) is 6.18. The SMILES string of the molecule is COC(=O)CC(=O)N/C(=C\C=N)C(=O)OC. The fourth-order valence-corrected chi connectivity index (χ4v) is 0.752. The Morgan fingerprint density at radius 3 is 2.31 bits per heavy atom. The smallest absolute Gasteiger partial charge is 0.354 e. The molecule has 0 saturated carbocycles. The molecule has 0 saturated heterocycles. The Bertz CT molecular complexity index is 335. The molecule has 16 heavy (non-hydrogen) atoms. The standard InChI is InChI=1S/C9H12N2O5/c1-15-8(13)5-7(12)11-6(3-4-10)9(14)16-2/h3-4,10H,5H2,1-2H3,(H,11,12)/b6-3-,10-4?. The number of nitrogens with one attached hydrogen (secondary N) is 2. The summed E-state index contributed by atoms with van der Waals surface area (Å²) in [6.45, 7) is 0. The quantitative estimate of drug-likeness (QED) is 0.282. The second-order valence-electron chi connectivity index (χ2n) is 2.54. The number of allylic oxidation sites excluding steroid dienone is 1. The average Bonchev–Trinajstić information content (AvgIpc) is 2.27. The molecule has 0 aromatic rings. The van der Waals surface area contributed by atoms with Crippen molar-refractivity contribution in [3.8, 4) is 0 Å². The number of carbonyl (C=O) groups is 3. The molecule has 0 unspecified atom stereocenters. The molecule has 0 aliphatic carbocycles. The molecule has 1 amide bonds.